The van der Waals surface area contributed by atoms with Gasteiger partial charge in [-0.05, 0) is 0 Å². The van der Waals surface area contributed by atoms with Crippen LogP contribution in [0.2, 0.25) is 0 Å². The number of carbonyl (C=O) groups excluding carboxylic acids is 2. The second-order valence-electron chi connectivity index (χ2n) is 3.69. The molecule has 0 bridgehead atoms. The van der Waals surface area contributed by atoms with Crippen molar-refractivity contribution in [2.45, 2.75) is 6.04 Å². The lowest BCUT2D eigenvalue weighted by Gasteiger charge is -2.33. The summed E-state index contributed by atoms with van der Waals surface area (Å²) in [5, 5.41) is 5.74. The maximum absolute atomic E-state index is 11.5. The quantitative estimate of drug-likeness (QED) is 0.475. The first-order valence-corrected chi connectivity index (χ1v) is 5.27. The molecule has 16 heavy (non-hydrogen) atoms. The van der Waals surface area contributed by atoms with Gasteiger partial charge < -0.3 is 16.4 Å². The van der Waals surface area contributed by atoms with Gasteiger partial charge in [-0.1, -0.05) is 6.08 Å². The molecule has 1 saturated heterocycles. The van der Waals surface area contributed by atoms with E-state index in [9.17, 15) is 9.59 Å². The van der Waals surface area contributed by atoms with E-state index in [1.54, 1.807) is 11.0 Å². The van der Waals surface area contributed by atoms with E-state index >= 15 is 0 Å². The highest BCUT2D eigenvalue weighted by molar-refractivity contribution is 5.82. The average molecular weight is 226 g/mol. The van der Waals surface area contributed by atoms with Crippen molar-refractivity contribution in [2.24, 2.45) is 5.73 Å². The number of nitrogens with zero attached hydrogens (tertiary/aromatic N) is 1. The lowest BCUT2D eigenvalue weighted by atomic mass is 10.2. The smallest absolute Gasteiger partial charge is 0.236 e. The van der Waals surface area contributed by atoms with Crippen molar-refractivity contribution in [3.05, 3.63) is 12.7 Å². The molecular weight excluding hydrogens is 208 g/mol. The molecule has 2 amide bonds. The number of hydrogen-bond acceptors (Lipinski definition) is 4. The molecule has 0 aliphatic carbocycles. The summed E-state index contributed by atoms with van der Waals surface area (Å²) in [7, 11) is 0. The van der Waals surface area contributed by atoms with Gasteiger partial charge in [0, 0.05) is 26.2 Å². The molecule has 0 spiro atoms. The van der Waals surface area contributed by atoms with Crippen LogP contribution in [-0.2, 0) is 9.59 Å². The van der Waals surface area contributed by atoms with Gasteiger partial charge in [0.25, 0.3) is 0 Å². The van der Waals surface area contributed by atoms with Gasteiger partial charge in [-0.25, -0.2) is 0 Å². The zero-order chi connectivity index (χ0) is 12.0. The molecule has 0 saturated carbocycles. The van der Waals surface area contributed by atoms with Crippen molar-refractivity contribution < 1.29 is 9.59 Å². The fourth-order valence-electron chi connectivity index (χ4n) is 1.64. The Bertz CT molecular complexity index is 280. The molecule has 1 aliphatic heterocycles. The molecule has 6 nitrogen and oxygen atoms in total. The first-order valence-electron chi connectivity index (χ1n) is 5.27. The second-order valence-corrected chi connectivity index (χ2v) is 3.69. The van der Waals surface area contributed by atoms with Gasteiger partial charge in [-0.15, -0.1) is 6.58 Å². The van der Waals surface area contributed by atoms with Crippen molar-refractivity contribution in [1.29, 1.82) is 0 Å². The maximum atomic E-state index is 11.5. The minimum atomic E-state index is -0.400. The van der Waals surface area contributed by atoms with E-state index in [4.69, 9.17) is 5.73 Å². The van der Waals surface area contributed by atoms with Crippen LogP contribution in [-0.4, -0.2) is 55.5 Å². The number of nitrogens with one attached hydrogen (secondary N) is 2. The number of piperazine rings is 1. The van der Waals surface area contributed by atoms with Crippen LogP contribution in [0.25, 0.3) is 0 Å². The van der Waals surface area contributed by atoms with Gasteiger partial charge in [0.15, 0.2) is 0 Å². The molecule has 1 fully saturated rings. The first kappa shape index (κ1) is 12.7. The van der Waals surface area contributed by atoms with Gasteiger partial charge in [0.1, 0.15) is 6.04 Å². The zero-order valence-corrected chi connectivity index (χ0v) is 9.24. The van der Waals surface area contributed by atoms with E-state index < -0.39 is 11.9 Å². The predicted molar refractivity (Wildman–Crippen MR) is 60.6 cm³/mol. The molecule has 1 atom stereocenters. The molecule has 1 aliphatic rings. The Morgan fingerprint density at radius 2 is 2.38 bits per heavy atom. The van der Waals surface area contributed by atoms with Crippen molar-refractivity contribution in [1.82, 2.24) is 15.5 Å². The van der Waals surface area contributed by atoms with Gasteiger partial charge in [-0.2, -0.15) is 0 Å². The first-order chi connectivity index (χ1) is 7.65. The Kier molecular flexibility index (Phi) is 4.94. The predicted octanol–water partition coefficient (Wildman–Crippen LogP) is -1.95. The largest absolute Gasteiger partial charge is 0.368 e. The van der Waals surface area contributed by atoms with E-state index in [1.165, 1.54) is 0 Å². The summed E-state index contributed by atoms with van der Waals surface area (Å²) in [6.45, 7) is 6.06. The van der Waals surface area contributed by atoms with Crippen LogP contribution in [0, 0.1) is 0 Å². The Hall–Kier alpha value is -1.40. The number of hydrogen-bond donors (Lipinski definition) is 3. The van der Waals surface area contributed by atoms with Crippen LogP contribution < -0.4 is 16.4 Å². The molecule has 4 N–H and O–H groups in total. The molecule has 0 radical (unpaired) electrons. The molecule has 1 unspecified atom stereocenters. The lowest BCUT2D eigenvalue weighted by Crippen LogP contribution is -2.58. The number of amides is 2. The van der Waals surface area contributed by atoms with Gasteiger partial charge in [-0.3, -0.25) is 14.5 Å². The van der Waals surface area contributed by atoms with Crippen LogP contribution in [0.5, 0.6) is 0 Å². The van der Waals surface area contributed by atoms with Crippen molar-refractivity contribution in [2.75, 3.05) is 32.7 Å². The highest BCUT2D eigenvalue weighted by atomic mass is 16.2. The maximum Gasteiger partial charge on any atom is 0.236 e. The Morgan fingerprint density at radius 3 is 3.00 bits per heavy atom. The standard InChI is InChI=1S/C10H18N4O2/c1-2-3-13-9(15)7-14-5-4-12-6-8(14)10(11)16/h2,8,12H,1,3-7H2,(H2,11,16)(H,13,15). The van der Waals surface area contributed by atoms with Gasteiger partial charge in [0.05, 0.1) is 6.54 Å². The molecule has 1 heterocycles. The van der Waals surface area contributed by atoms with Crippen molar-refractivity contribution in [3.8, 4) is 0 Å². The fraction of sp³-hybridized carbons (Fsp3) is 0.600. The Balaban J connectivity index is 2.46. The van der Waals surface area contributed by atoms with E-state index in [0.29, 0.717) is 19.6 Å². The van der Waals surface area contributed by atoms with Crippen LogP contribution in [0.1, 0.15) is 0 Å². The summed E-state index contributed by atoms with van der Waals surface area (Å²) in [6, 6.07) is -0.400. The topological polar surface area (TPSA) is 87.5 Å². The average Bonchev–Trinajstić information content (AvgIpc) is 2.27. The summed E-state index contributed by atoms with van der Waals surface area (Å²) in [6.07, 6.45) is 1.61. The molecule has 6 heteroatoms. The number of primary amides is 1. The molecular formula is C10H18N4O2. The number of nitrogens with two attached hydrogens (primary N) is 1. The highest BCUT2D eigenvalue weighted by Crippen LogP contribution is 2.01. The summed E-state index contributed by atoms with van der Waals surface area (Å²) in [4.78, 5) is 24.4. The molecule has 90 valence electrons. The minimum Gasteiger partial charge on any atom is -0.368 e. The summed E-state index contributed by atoms with van der Waals surface area (Å²) in [5.74, 6) is -0.517. The Morgan fingerprint density at radius 1 is 1.62 bits per heavy atom. The van der Waals surface area contributed by atoms with Crippen molar-refractivity contribution in [3.63, 3.8) is 0 Å². The highest BCUT2D eigenvalue weighted by Gasteiger charge is 2.27. The molecule has 0 aromatic rings. The third kappa shape index (κ3) is 3.63. The second kappa shape index (κ2) is 6.24. The van der Waals surface area contributed by atoms with Gasteiger partial charge >= 0.3 is 0 Å². The molecule has 0 aromatic heterocycles. The summed E-state index contributed by atoms with van der Waals surface area (Å²) in [5.41, 5.74) is 5.26. The lowest BCUT2D eigenvalue weighted by molar-refractivity contribution is -0.127. The van der Waals surface area contributed by atoms with Crippen molar-refractivity contribution >= 4 is 11.8 Å². The normalized spacial score (nSPS) is 21.4. The fourth-order valence-corrected chi connectivity index (χ4v) is 1.64. The molecule has 0 aromatic carbocycles. The van der Waals surface area contributed by atoms with Gasteiger partial charge in [0.2, 0.25) is 11.8 Å². The van der Waals surface area contributed by atoms with Crippen LogP contribution in [0.15, 0.2) is 12.7 Å². The van der Waals surface area contributed by atoms with E-state index in [0.717, 1.165) is 6.54 Å². The van der Waals surface area contributed by atoms with Crippen LogP contribution in [0.4, 0.5) is 0 Å². The van der Waals surface area contributed by atoms with Crippen LogP contribution >= 0.6 is 0 Å². The minimum absolute atomic E-state index is 0.118. The third-order valence-corrected chi connectivity index (χ3v) is 2.47. The number of rotatable bonds is 5. The summed E-state index contributed by atoms with van der Waals surface area (Å²) >= 11 is 0. The summed E-state index contributed by atoms with van der Waals surface area (Å²) < 4.78 is 0. The Labute approximate surface area is 94.9 Å². The third-order valence-electron chi connectivity index (χ3n) is 2.47. The van der Waals surface area contributed by atoms with E-state index in [-0.39, 0.29) is 12.5 Å². The zero-order valence-electron chi connectivity index (χ0n) is 9.24. The van der Waals surface area contributed by atoms with E-state index in [2.05, 4.69) is 17.2 Å². The van der Waals surface area contributed by atoms with Crippen LogP contribution in [0.3, 0.4) is 0 Å². The molecule has 1 rings (SSSR count). The monoisotopic (exact) mass is 226 g/mol. The SMILES string of the molecule is C=CCNC(=O)CN1CCNCC1C(N)=O. The number of carbonyl (C=O) groups is 2. The van der Waals surface area contributed by atoms with E-state index in [1.807, 2.05) is 0 Å².